The molecule has 0 fully saturated rings. The summed E-state index contributed by atoms with van der Waals surface area (Å²) in [7, 11) is -1.40. The summed E-state index contributed by atoms with van der Waals surface area (Å²) in [6, 6.07) is 47.0. The molecule has 0 saturated heterocycles. The minimum atomic E-state index is -1.40. The Kier molecular flexibility index (Phi) is 9.99. The Balaban J connectivity index is 0.000000177. The number of rotatable bonds is 5. The van der Waals surface area contributed by atoms with Gasteiger partial charge in [-0.1, -0.05) is 105 Å². The molecular weight excluding hydrogens is 809 g/mol. The molecule has 0 bridgehead atoms. The maximum Gasteiger partial charge on any atom is 0.123 e. The summed E-state index contributed by atoms with van der Waals surface area (Å²) in [5.74, 6) is 1.33. The van der Waals surface area contributed by atoms with E-state index in [-0.39, 0.29) is 20.1 Å². The van der Waals surface area contributed by atoms with Crippen LogP contribution in [0.4, 0.5) is 0 Å². The molecule has 0 atom stereocenters. The van der Waals surface area contributed by atoms with Gasteiger partial charge in [0.2, 0.25) is 0 Å². The van der Waals surface area contributed by atoms with Crippen molar-refractivity contribution in [2.24, 2.45) is 0 Å². The van der Waals surface area contributed by atoms with Crippen LogP contribution in [0.1, 0.15) is 30.9 Å². The number of aromatic nitrogens is 3. The molecule has 0 aliphatic rings. The van der Waals surface area contributed by atoms with Gasteiger partial charge in [-0.2, -0.15) is 0 Å². The maximum absolute atomic E-state index is 8.86. The first-order valence-electron chi connectivity index (χ1n) is 16.5. The van der Waals surface area contributed by atoms with Crippen molar-refractivity contribution >= 4 is 46.2 Å². The Labute approximate surface area is 307 Å². The molecule has 0 aliphatic carbocycles. The Morgan fingerprint density at radius 2 is 1.50 bits per heavy atom. The minimum absolute atomic E-state index is 0. The maximum atomic E-state index is 8.86. The van der Waals surface area contributed by atoms with Crippen molar-refractivity contribution < 1.29 is 24.5 Å². The second-order valence-corrected chi connectivity index (χ2v) is 18.5. The molecule has 8 aromatic rings. The van der Waals surface area contributed by atoms with Crippen molar-refractivity contribution in [1.29, 1.82) is 5.26 Å². The zero-order chi connectivity index (χ0) is 34.1. The summed E-state index contributed by atoms with van der Waals surface area (Å²) in [5.41, 5.74) is 9.64. The molecule has 3 aromatic heterocycles. The first kappa shape index (κ1) is 34.7. The third-order valence-electron chi connectivity index (χ3n) is 8.71. The molecule has 0 saturated carbocycles. The predicted molar refractivity (Wildman–Crippen MR) is 203 cm³/mol. The van der Waals surface area contributed by atoms with Crippen molar-refractivity contribution in [2.45, 2.75) is 39.4 Å². The zero-order valence-corrected chi connectivity index (χ0v) is 32.0. The van der Waals surface area contributed by atoms with Gasteiger partial charge in [0.1, 0.15) is 5.58 Å². The average molecular weight is 845 g/mol. The number of benzene rings is 5. The van der Waals surface area contributed by atoms with Gasteiger partial charge in [0.25, 0.3) is 0 Å². The molecule has 0 aliphatic heterocycles. The fraction of sp³-hybridized carbons (Fsp3) is 0.140. The third-order valence-corrected chi connectivity index (χ3v) is 10.7. The standard InChI is InChI=1S/C25H15N2O.C18H21N2Si.Ir/c1-2-8-18(9-3-1)27-22-12-6-5-11-21(22)26-25(27)17-14-15-20-19-10-4-7-13-23(19)28-24(20)16-17;1-13(2)16-10-17(20-12-18(16)21(3,4)5)15-8-6-14(11-19)7-9-15;/h1-13,15-16H;6-8,10,12-13H,1-5H3;/q2*-1;. The first-order valence-corrected chi connectivity index (χ1v) is 20.0. The Bertz CT molecular complexity index is 2470. The summed E-state index contributed by atoms with van der Waals surface area (Å²) < 4.78 is 8.25. The Morgan fingerprint density at radius 1 is 0.780 bits per heavy atom. The van der Waals surface area contributed by atoms with Crippen LogP contribution >= 0.6 is 0 Å². The number of para-hydroxylation sites is 4. The molecule has 0 N–H and O–H groups in total. The van der Waals surface area contributed by atoms with E-state index in [9.17, 15) is 0 Å². The third kappa shape index (κ3) is 6.84. The predicted octanol–water partition coefficient (Wildman–Crippen LogP) is 10.5. The van der Waals surface area contributed by atoms with E-state index in [1.165, 1.54) is 10.8 Å². The van der Waals surface area contributed by atoms with Crippen molar-refractivity contribution in [3.8, 4) is 34.4 Å². The molecule has 50 heavy (non-hydrogen) atoms. The number of hydrogen-bond donors (Lipinski definition) is 0. The number of fused-ring (bicyclic) bond motifs is 4. The molecular formula is C43H36IrN4OSi-2. The molecule has 5 aromatic carbocycles. The summed E-state index contributed by atoms with van der Waals surface area (Å²) in [6.07, 6.45) is 2.04. The second-order valence-electron chi connectivity index (χ2n) is 13.5. The quantitative estimate of drug-likeness (QED) is 0.128. The topological polar surface area (TPSA) is 67.6 Å². The molecule has 0 unspecified atom stereocenters. The van der Waals surface area contributed by atoms with E-state index in [2.05, 4.69) is 91.6 Å². The van der Waals surface area contributed by atoms with E-state index in [1.54, 1.807) is 6.07 Å². The van der Waals surface area contributed by atoms with Gasteiger partial charge < -0.3 is 14.0 Å². The molecule has 0 spiro atoms. The van der Waals surface area contributed by atoms with Gasteiger partial charge in [-0.25, -0.2) is 5.26 Å². The van der Waals surface area contributed by atoms with Crippen LogP contribution in [-0.2, 0) is 20.1 Å². The van der Waals surface area contributed by atoms with Crippen LogP contribution in [-0.4, -0.2) is 22.6 Å². The summed E-state index contributed by atoms with van der Waals surface area (Å²) in [6.45, 7) is 11.5. The van der Waals surface area contributed by atoms with Gasteiger partial charge in [0.05, 0.1) is 30.5 Å². The van der Waals surface area contributed by atoms with E-state index in [4.69, 9.17) is 14.7 Å². The van der Waals surface area contributed by atoms with Crippen molar-refractivity contribution in [3.05, 3.63) is 145 Å². The molecule has 5 nitrogen and oxygen atoms in total. The fourth-order valence-electron chi connectivity index (χ4n) is 6.21. The Morgan fingerprint density at radius 3 is 2.22 bits per heavy atom. The molecule has 0 amide bonds. The minimum Gasteiger partial charge on any atom is -0.476 e. The van der Waals surface area contributed by atoms with Crippen LogP contribution in [0.3, 0.4) is 0 Å². The molecule has 7 heteroatoms. The number of nitriles is 1. The van der Waals surface area contributed by atoms with E-state index < -0.39 is 8.07 Å². The SMILES string of the molecule is CC(C)c1cc(-c2[c-]cc(C#N)cc2)ncc1[Si](C)(C)C.[Ir].[c-]1cc2c(cc1-c1nc3ccccc3n1-c1ccccc1)oc1ccccc12. The van der Waals surface area contributed by atoms with Crippen LogP contribution in [0, 0.1) is 23.5 Å². The van der Waals surface area contributed by atoms with Crippen molar-refractivity contribution in [3.63, 3.8) is 0 Å². The van der Waals surface area contributed by atoms with Crippen LogP contribution in [0.5, 0.6) is 0 Å². The van der Waals surface area contributed by atoms with Crippen LogP contribution in [0.15, 0.2) is 126 Å². The molecule has 8 rings (SSSR count). The number of nitrogens with zero attached hydrogens (tertiary/aromatic N) is 4. The van der Waals surface area contributed by atoms with E-state index in [1.807, 2.05) is 85.1 Å². The van der Waals surface area contributed by atoms with Gasteiger partial charge in [0.15, 0.2) is 0 Å². The number of furan rings is 1. The smallest absolute Gasteiger partial charge is 0.123 e. The molecule has 249 valence electrons. The summed E-state index contributed by atoms with van der Waals surface area (Å²) >= 11 is 0. The average Bonchev–Trinajstić information content (AvgIpc) is 3.70. The number of pyridine rings is 1. The van der Waals surface area contributed by atoms with Crippen LogP contribution in [0.2, 0.25) is 19.6 Å². The van der Waals surface area contributed by atoms with Gasteiger partial charge in [-0.15, -0.1) is 47.5 Å². The zero-order valence-electron chi connectivity index (χ0n) is 28.7. The van der Waals surface area contributed by atoms with Gasteiger partial charge in [0, 0.05) is 38.1 Å². The summed E-state index contributed by atoms with van der Waals surface area (Å²) in [4.78, 5) is 9.54. The first-order chi connectivity index (χ1) is 23.7. The van der Waals surface area contributed by atoms with Gasteiger partial charge >= 0.3 is 0 Å². The number of hydrogen-bond acceptors (Lipinski definition) is 4. The normalized spacial score (nSPS) is 11.3. The van der Waals surface area contributed by atoms with Gasteiger partial charge in [-0.05, 0) is 58.1 Å². The van der Waals surface area contributed by atoms with Crippen molar-refractivity contribution in [1.82, 2.24) is 14.5 Å². The van der Waals surface area contributed by atoms with Crippen LogP contribution < -0.4 is 5.19 Å². The van der Waals surface area contributed by atoms with E-state index in [0.29, 0.717) is 11.5 Å². The second kappa shape index (κ2) is 14.4. The monoisotopic (exact) mass is 845 g/mol. The molecule has 1 radical (unpaired) electrons. The van der Waals surface area contributed by atoms with E-state index >= 15 is 0 Å². The van der Waals surface area contributed by atoms with E-state index in [0.717, 1.165) is 61.3 Å². The van der Waals surface area contributed by atoms with Crippen LogP contribution in [0.25, 0.3) is 61.3 Å². The fourth-order valence-corrected chi connectivity index (χ4v) is 7.89. The number of imidazole rings is 1. The molecule has 3 heterocycles. The van der Waals surface area contributed by atoms with Crippen molar-refractivity contribution in [2.75, 3.05) is 0 Å². The Hall–Kier alpha value is -5.12. The largest absolute Gasteiger partial charge is 0.476 e. The van der Waals surface area contributed by atoms with Gasteiger partial charge in [-0.3, -0.25) is 4.98 Å². The summed E-state index contributed by atoms with van der Waals surface area (Å²) in [5, 5.41) is 12.5.